The van der Waals surface area contributed by atoms with E-state index in [4.69, 9.17) is 4.74 Å². The van der Waals surface area contributed by atoms with Gasteiger partial charge in [-0.25, -0.2) is 0 Å². The molecule has 0 aromatic heterocycles. The molecule has 0 saturated heterocycles. The Morgan fingerprint density at radius 3 is 2.65 bits per heavy atom. The van der Waals surface area contributed by atoms with Crippen LogP contribution in [-0.4, -0.2) is 12.4 Å². The van der Waals surface area contributed by atoms with Crippen LogP contribution in [0.1, 0.15) is 36.8 Å². The summed E-state index contributed by atoms with van der Waals surface area (Å²) in [5, 5.41) is 2.64. The first-order valence-corrected chi connectivity index (χ1v) is 9.39. The summed E-state index contributed by atoms with van der Waals surface area (Å²) >= 11 is 0. The van der Waals surface area contributed by atoms with E-state index in [2.05, 4.69) is 55.5 Å². The van der Waals surface area contributed by atoms with Crippen LogP contribution in [0.2, 0.25) is 0 Å². The molecule has 2 aliphatic carbocycles. The second kappa shape index (κ2) is 7.33. The SMILES string of the molecule is C1=CCOC=C1.CC1CC(=O)CC2C=Cc3c(ccc4ccccc34)C12. The summed E-state index contributed by atoms with van der Waals surface area (Å²) in [7, 11) is 0. The number of ether oxygens (including phenoxy) is 1. The Balaban J connectivity index is 0.000000240. The number of hydrogen-bond acceptors (Lipinski definition) is 2. The summed E-state index contributed by atoms with van der Waals surface area (Å²) in [6.45, 7) is 2.96. The fourth-order valence-electron chi connectivity index (χ4n) is 4.46. The van der Waals surface area contributed by atoms with Gasteiger partial charge in [0.15, 0.2) is 0 Å². The zero-order chi connectivity index (χ0) is 17.9. The van der Waals surface area contributed by atoms with Crippen LogP contribution in [0.3, 0.4) is 0 Å². The molecule has 1 fully saturated rings. The molecule has 0 bridgehead atoms. The van der Waals surface area contributed by atoms with Gasteiger partial charge in [-0.3, -0.25) is 4.79 Å². The van der Waals surface area contributed by atoms with Crippen LogP contribution in [-0.2, 0) is 9.53 Å². The molecule has 0 amide bonds. The molecule has 2 nitrogen and oxygen atoms in total. The van der Waals surface area contributed by atoms with Gasteiger partial charge in [0.05, 0.1) is 6.26 Å². The van der Waals surface area contributed by atoms with Gasteiger partial charge in [0.1, 0.15) is 12.4 Å². The quantitative estimate of drug-likeness (QED) is 0.617. The van der Waals surface area contributed by atoms with Crippen LogP contribution < -0.4 is 0 Å². The van der Waals surface area contributed by atoms with Crippen molar-refractivity contribution in [2.45, 2.75) is 25.7 Å². The minimum atomic E-state index is 0.403. The molecule has 2 aromatic rings. The highest BCUT2D eigenvalue weighted by atomic mass is 16.5. The zero-order valence-corrected chi connectivity index (χ0v) is 15.1. The highest BCUT2D eigenvalue weighted by Gasteiger charge is 2.37. The van der Waals surface area contributed by atoms with Crippen LogP contribution in [0.15, 0.2) is 67.0 Å². The van der Waals surface area contributed by atoms with Crippen LogP contribution in [0.5, 0.6) is 0 Å². The molecule has 2 aromatic carbocycles. The Morgan fingerprint density at radius 2 is 1.92 bits per heavy atom. The molecule has 3 atom stereocenters. The Morgan fingerprint density at radius 1 is 1.04 bits per heavy atom. The van der Waals surface area contributed by atoms with Crippen LogP contribution in [0.4, 0.5) is 0 Å². The van der Waals surface area contributed by atoms with Crippen molar-refractivity contribution < 1.29 is 9.53 Å². The normalized spacial score (nSPS) is 25.7. The zero-order valence-electron chi connectivity index (χ0n) is 15.1. The van der Waals surface area contributed by atoms with Gasteiger partial charge in [0, 0.05) is 12.8 Å². The standard InChI is InChI=1S/C19H18O.C5H6O/c1-12-10-15(20)11-14-7-8-17-16-5-3-2-4-13(16)6-9-18(17)19(12)14;1-2-4-6-5-3-1/h2-9,12,14,19H,10-11H2,1H3;1-4H,5H2. The molecule has 3 unspecified atom stereocenters. The fraction of sp³-hybridized carbons (Fsp3) is 0.292. The van der Waals surface area contributed by atoms with Gasteiger partial charge in [-0.05, 0) is 51.8 Å². The molecule has 5 rings (SSSR count). The minimum absolute atomic E-state index is 0.403. The molecule has 0 N–H and O–H groups in total. The highest BCUT2D eigenvalue weighted by Crippen LogP contribution is 2.46. The third-order valence-electron chi connectivity index (χ3n) is 5.58. The molecule has 1 saturated carbocycles. The molecule has 1 aliphatic heterocycles. The van der Waals surface area contributed by atoms with Gasteiger partial charge in [0.25, 0.3) is 0 Å². The van der Waals surface area contributed by atoms with E-state index in [0.29, 0.717) is 23.5 Å². The lowest BCUT2D eigenvalue weighted by Crippen LogP contribution is -2.30. The monoisotopic (exact) mass is 344 g/mol. The Bertz CT molecular complexity index is 892. The smallest absolute Gasteiger partial charge is 0.133 e. The van der Waals surface area contributed by atoms with Crippen molar-refractivity contribution in [1.29, 1.82) is 0 Å². The van der Waals surface area contributed by atoms with Crippen LogP contribution in [0, 0.1) is 11.8 Å². The Kier molecular flexibility index (Phi) is 4.75. The number of benzene rings is 2. The molecule has 3 aliphatic rings. The van der Waals surface area contributed by atoms with E-state index in [0.717, 1.165) is 19.4 Å². The second-order valence-electron chi connectivity index (χ2n) is 7.35. The van der Waals surface area contributed by atoms with E-state index in [-0.39, 0.29) is 0 Å². The van der Waals surface area contributed by atoms with Crippen LogP contribution >= 0.6 is 0 Å². The van der Waals surface area contributed by atoms with Crippen molar-refractivity contribution in [2.24, 2.45) is 11.8 Å². The van der Waals surface area contributed by atoms with Gasteiger partial charge < -0.3 is 4.74 Å². The lowest BCUT2D eigenvalue weighted by molar-refractivity contribution is -0.122. The number of hydrogen-bond donors (Lipinski definition) is 0. The van der Waals surface area contributed by atoms with E-state index < -0.39 is 0 Å². The van der Waals surface area contributed by atoms with E-state index >= 15 is 0 Å². The number of rotatable bonds is 0. The third kappa shape index (κ3) is 3.24. The molecule has 1 heterocycles. The van der Waals surface area contributed by atoms with Gasteiger partial charge >= 0.3 is 0 Å². The number of Topliss-reactive ketones (excluding diaryl/α,β-unsaturated/α-hetero) is 1. The summed E-state index contributed by atoms with van der Waals surface area (Å²) in [4.78, 5) is 11.8. The largest absolute Gasteiger partial charge is 0.497 e. The van der Waals surface area contributed by atoms with E-state index in [9.17, 15) is 4.79 Å². The maximum absolute atomic E-state index is 11.8. The predicted molar refractivity (Wildman–Crippen MR) is 107 cm³/mol. The van der Waals surface area contributed by atoms with Gasteiger partial charge in [-0.15, -0.1) is 0 Å². The van der Waals surface area contributed by atoms with Crippen molar-refractivity contribution >= 4 is 22.6 Å². The maximum Gasteiger partial charge on any atom is 0.133 e. The van der Waals surface area contributed by atoms with Crippen molar-refractivity contribution in [1.82, 2.24) is 0 Å². The number of fused-ring (bicyclic) bond motifs is 5. The van der Waals surface area contributed by atoms with Crippen molar-refractivity contribution in [3.05, 3.63) is 78.1 Å². The average Bonchev–Trinajstić information content (AvgIpc) is 2.69. The number of carbonyl (C=O) groups is 1. The number of ketones is 1. The maximum atomic E-state index is 11.8. The van der Waals surface area contributed by atoms with Gasteiger partial charge in [-0.1, -0.05) is 61.5 Å². The van der Waals surface area contributed by atoms with Crippen molar-refractivity contribution in [2.75, 3.05) is 6.61 Å². The van der Waals surface area contributed by atoms with Gasteiger partial charge in [-0.2, -0.15) is 0 Å². The van der Waals surface area contributed by atoms with Gasteiger partial charge in [0.2, 0.25) is 0 Å². The Labute approximate surface area is 154 Å². The molecular formula is C24H24O2. The fourth-order valence-corrected chi connectivity index (χ4v) is 4.46. The molecule has 26 heavy (non-hydrogen) atoms. The summed E-state index contributed by atoms with van der Waals surface area (Å²) in [5.74, 6) is 1.79. The second-order valence-corrected chi connectivity index (χ2v) is 7.35. The summed E-state index contributed by atoms with van der Waals surface area (Å²) in [6.07, 6.45) is 13.4. The lowest BCUT2D eigenvalue weighted by atomic mass is 9.65. The van der Waals surface area contributed by atoms with E-state index in [1.54, 1.807) is 6.26 Å². The summed E-state index contributed by atoms with van der Waals surface area (Å²) < 4.78 is 4.80. The molecule has 0 radical (unpaired) electrons. The summed E-state index contributed by atoms with van der Waals surface area (Å²) in [6, 6.07) is 13.1. The third-order valence-corrected chi connectivity index (χ3v) is 5.58. The molecule has 2 heteroatoms. The minimum Gasteiger partial charge on any atom is -0.497 e. The Hall–Kier alpha value is -2.61. The van der Waals surface area contributed by atoms with E-state index in [1.807, 2.05) is 18.2 Å². The molecular weight excluding hydrogens is 320 g/mol. The van der Waals surface area contributed by atoms with E-state index in [1.165, 1.54) is 21.9 Å². The molecule has 0 spiro atoms. The highest BCUT2D eigenvalue weighted by molar-refractivity contribution is 5.93. The topological polar surface area (TPSA) is 26.3 Å². The first-order chi connectivity index (χ1) is 12.7. The molecule has 132 valence electrons. The van der Waals surface area contributed by atoms with Crippen LogP contribution in [0.25, 0.3) is 16.8 Å². The average molecular weight is 344 g/mol. The lowest BCUT2D eigenvalue weighted by Gasteiger charge is -2.38. The number of allylic oxidation sites excluding steroid dienone is 3. The first-order valence-electron chi connectivity index (χ1n) is 9.39. The van der Waals surface area contributed by atoms with Crippen molar-refractivity contribution in [3.8, 4) is 0 Å². The van der Waals surface area contributed by atoms with Crippen molar-refractivity contribution in [3.63, 3.8) is 0 Å². The predicted octanol–water partition coefficient (Wildman–Crippen LogP) is 5.65. The first kappa shape index (κ1) is 16.8. The number of carbonyl (C=O) groups excluding carboxylic acids is 1. The summed E-state index contributed by atoms with van der Waals surface area (Å²) in [5.41, 5.74) is 2.81.